The van der Waals surface area contributed by atoms with Crippen LogP contribution in [0.25, 0.3) is 0 Å². The summed E-state index contributed by atoms with van der Waals surface area (Å²) in [6, 6.07) is 4.33. The zero-order valence-electron chi connectivity index (χ0n) is 9.01. The number of hydrogen-bond donors (Lipinski definition) is 1. The molecule has 8 heteroatoms. The van der Waals surface area contributed by atoms with Crippen molar-refractivity contribution in [3.8, 4) is 5.75 Å². The number of aromatic hydroxyl groups is 1. The fourth-order valence-corrected chi connectivity index (χ4v) is 2.66. The Morgan fingerprint density at radius 1 is 1.44 bits per heavy atom. The van der Waals surface area contributed by atoms with E-state index in [0.717, 1.165) is 4.90 Å². The van der Waals surface area contributed by atoms with Gasteiger partial charge in [0.1, 0.15) is 5.25 Å². The van der Waals surface area contributed by atoms with Crippen molar-refractivity contribution in [3.63, 3.8) is 0 Å². The van der Waals surface area contributed by atoms with E-state index in [2.05, 4.69) is 0 Å². The molecular weight excluding hydrogens is 285 g/mol. The number of benzene rings is 1. The number of halogens is 2. The molecule has 0 saturated carbocycles. The van der Waals surface area contributed by atoms with Crippen molar-refractivity contribution < 1.29 is 22.2 Å². The molecule has 0 bridgehead atoms. The van der Waals surface area contributed by atoms with Gasteiger partial charge in [-0.25, -0.2) is 0 Å². The lowest BCUT2D eigenvalue weighted by molar-refractivity contribution is -0.117. The third-order valence-electron chi connectivity index (χ3n) is 2.74. The second-order valence-corrected chi connectivity index (χ2v) is 5.94. The average molecular weight is 294 g/mol. The molecule has 18 heavy (non-hydrogen) atoms. The van der Waals surface area contributed by atoms with Crippen LogP contribution in [0, 0.1) is 0 Å². The molecule has 1 aromatic rings. The van der Waals surface area contributed by atoms with Gasteiger partial charge in [-0.1, -0.05) is 17.7 Å². The lowest BCUT2D eigenvalue weighted by Gasteiger charge is -2.17. The molecule has 1 aliphatic heterocycles. The van der Waals surface area contributed by atoms with E-state index in [9.17, 15) is 22.2 Å². The second-order valence-electron chi connectivity index (χ2n) is 3.91. The number of hydrogen-bond acceptors (Lipinski definition) is 4. The first-order valence-corrected chi connectivity index (χ1v) is 6.84. The molecule has 0 spiro atoms. The Labute approximate surface area is 108 Å². The number of phenolic OH excluding ortho intramolecular Hbond substituents is 1. The van der Waals surface area contributed by atoms with E-state index in [0.29, 0.717) is 0 Å². The Kier molecular flexibility index (Phi) is 3.20. The average Bonchev–Trinajstić information content (AvgIpc) is 2.64. The van der Waals surface area contributed by atoms with Gasteiger partial charge < -0.3 is 10.0 Å². The molecule has 1 heterocycles. The zero-order valence-corrected chi connectivity index (χ0v) is 10.6. The van der Waals surface area contributed by atoms with Gasteiger partial charge in [0.15, 0.2) is 5.75 Å². The van der Waals surface area contributed by atoms with Gasteiger partial charge in [0.05, 0.1) is 10.7 Å². The van der Waals surface area contributed by atoms with Gasteiger partial charge in [0.25, 0.3) is 0 Å². The van der Waals surface area contributed by atoms with Crippen LogP contribution in [0.2, 0.25) is 5.02 Å². The van der Waals surface area contributed by atoms with Crippen molar-refractivity contribution in [2.24, 2.45) is 0 Å². The Morgan fingerprint density at radius 2 is 2.11 bits per heavy atom. The molecule has 1 unspecified atom stereocenters. The number of phenols is 1. The van der Waals surface area contributed by atoms with Crippen LogP contribution < -0.4 is 4.90 Å². The van der Waals surface area contributed by atoms with Gasteiger partial charge >= 0.3 is 10.2 Å². The van der Waals surface area contributed by atoms with Gasteiger partial charge in [-0.15, -0.1) is 3.89 Å². The van der Waals surface area contributed by atoms with Crippen LogP contribution in [0.15, 0.2) is 18.2 Å². The number of rotatable bonds is 2. The highest BCUT2D eigenvalue weighted by molar-refractivity contribution is 7.87. The predicted molar refractivity (Wildman–Crippen MR) is 63.9 cm³/mol. The van der Waals surface area contributed by atoms with Gasteiger partial charge in [-0.3, -0.25) is 4.79 Å². The summed E-state index contributed by atoms with van der Waals surface area (Å²) in [7, 11) is -4.78. The number of para-hydroxylation sites is 1. The quantitative estimate of drug-likeness (QED) is 0.838. The molecule has 1 saturated heterocycles. The monoisotopic (exact) mass is 293 g/mol. The second kappa shape index (κ2) is 4.40. The molecule has 0 aliphatic carbocycles. The highest BCUT2D eigenvalue weighted by atomic mass is 35.5. The molecule has 0 radical (unpaired) electrons. The Morgan fingerprint density at radius 3 is 2.67 bits per heavy atom. The van der Waals surface area contributed by atoms with E-state index in [-0.39, 0.29) is 23.0 Å². The SMILES string of the molecule is O=C1CC(S(=O)(=O)F)CN1c1cccc(Cl)c1O. The van der Waals surface area contributed by atoms with Crippen LogP contribution in [0.5, 0.6) is 5.75 Å². The molecule has 2 rings (SSSR count). The minimum atomic E-state index is -4.78. The lowest BCUT2D eigenvalue weighted by Crippen LogP contribution is -2.26. The number of nitrogens with zero attached hydrogens (tertiary/aromatic N) is 1. The normalized spacial score (nSPS) is 20.4. The van der Waals surface area contributed by atoms with Crippen LogP contribution in [0.1, 0.15) is 6.42 Å². The van der Waals surface area contributed by atoms with E-state index in [4.69, 9.17) is 11.6 Å². The molecule has 1 aromatic carbocycles. The molecule has 0 aromatic heterocycles. The molecule has 1 N–H and O–H groups in total. The highest BCUT2D eigenvalue weighted by Gasteiger charge is 2.39. The van der Waals surface area contributed by atoms with Crippen LogP contribution in [0.3, 0.4) is 0 Å². The zero-order chi connectivity index (χ0) is 13.5. The third kappa shape index (κ3) is 2.28. The van der Waals surface area contributed by atoms with E-state index in [1.54, 1.807) is 0 Å². The van der Waals surface area contributed by atoms with Gasteiger partial charge in [0.2, 0.25) is 5.91 Å². The van der Waals surface area contributed by atoms with E-state index in [1.165, 1.54) is 18.2 Å². The summed E-state index contributed by atoms with van der Waals surface area (Å²) < 4.78 is 34.4. The number of carbonyl (C=O) groups excluding carboxylic acids is 1. The molecule has 1 aliphatic rings. The van der Waals surface area contributed by atoms with E-state index in [1.807, 2.05) is 0 Å². The first-order chi connectivity index (χ1) is 8.30. The summed E-state index contributed by atoms with van der Waals surface area (Å²) in [5.74, 6) is -0.900. The van der Waals surface area contributed by atoms with Crippen molar-refractivity contribution in [1.29, 1.82) is 0 Å². The summed E-state index contributed by atoms with van der Waals surface area (Å²) in [5, 5.41) is 8.33. The van der Waals surface area contributed by atoms with Gasteiger partial charge in [0, 0.05) is 13.0 Å². The fourth-order valence-electron chi connectivity index (χ4n) is 1.82. The smallest absolute Gasteiger partial charge is 0.307 e. The Hall–Kier alpha value is -1.34. The van der Waals surface area contributed by atoms with Crippen LogP contribution in [0.4, 0.5) is 9.57 Å². The van der Waals surface area contributed by atoms with Crippen molar-refractivity contribution in [3.05, 3.63) is 23.2 Å². The molecule has 1 amide bonds. The van der Waals surface area contributed by atoms with Crippen molar-refractivity contribution in [1.82, 2.24) is 0 Å². The van der Waals surface area contributed by atoms with Gasteiger partial charge in [-0.05, 0) is 12.1 Å². The maximum Gasteiger partial charge on any atom is 0.307 e. The highest BCUT2D eigenvalue weighted by Crippen LogP contribution is 2.37. The summed E-state index contributed by atoms with van der Waals surface area (Å²) in [5.41, 5.74) is 0.0821. The lowest BCUT2D eigenvalue weighted by atomic mass is 10.2. The molecular formula is C10H9ClFNO4S. The van der Waals surface area contributed by atoms with Gasteiger partial charge in [-0.2, -0.15) is 8.42 Å². The van der Waals surface area contributed by atoms with Crippen LogP contribution in [-0.2, 0) is 15.0 Å². The largest absolute Gasteiger partial charge is 0.504 e. The standard InChI is InChI=1S/C10H9ClFNO4S/c11-7-2-1-3-8(10(7)15)13-5-6(4-9(13)14)18(12,16)17/h1-3,6,15H,4-5H2. The molecule has 1 fully saturated rings. The summed E-state index contributed by atoms with van der Waals surface area (Å²) in [6.07, 6.45) is -0.440. The summed E-state index contributed by atoms with van der Waals surface area (Å²) in [4.78, 5) is 12.7. The summed E-state index contributed by atoms with van der Waals surface area (Å²) >= 11 is 5.69. The molecule has 5 nitrogen and oxygen atoms in total. The minimum absolute atomic E-state index is 0.0341. The maximum atomic E-state index is 12.8. The van der Waals surface area contributed by atoms with Crippen LogP contribution in [-0.4, -0.2) is 31.2 Å². The fraction of sp³-hybridized carbons (Fsp3) is 0.300. The van der Waals surface area contributed by atoms with E-state index < -0.39 is 27.8 Å². The van der Waals surface area contributed by atoms with Crippen molar-refractivity contribution in [2.75, 3.05) is 11.4 Å². The number of carbonyl (C=O) groups is 1. The Balaban J connectivity index is 2.36. The number of amides is 1. The van der Waals surface area contributed by atoms with Crippen molar-refractivity contribution in [2.45, 2.75) is 11.7 Å². The molecule has 98 valence electrons. The minimum Gasteiger partial charge on any atom is -0.504 e. The maximum absolute atomic E-state index is 12.8. The third-order valence-corrected chi connectivity index (χ3v) is 4.16. The summed E-state index contributed by atoms with van der Waals surface area (Å²) in [6.45, 7) is -0.328. The topological polar surface area (TPSA) is 74.7 Å². The molecule has 1 atom stereocenters. The van der Waals surface area contributed by atoms with Crippen molar-refractivity contribution >= 4 is 33.4 Å². The first-order valence-electron chi connectivity index (χ1n) is 5.02. The predicted octanol–water partition coefficient (Wildman–Crippen LogP) is 1.45. The van der Waals surface area contributed by atoms with E-state index >= 15 is 0 Å². The Bertz CT molecular complexity index is 604. The van der Waals surface area contributed by atoms with Crippen LogP contribution >= 0.6 is 11.6 Å². The number of anilines is 1. The first kappa shape index (κ1) is 13.1.